The van der Waals surface area contributed by atoms with Crippen molar-refractivity contribution >= 4 is 15.9 Å². The third-order valence-corrected chi connectivity index (χ3v) is 6.11. The number of benzene rings is 1. The minimum Gasteiger partial charge on any atom is -0.352 e. The molecule has 6 heteroatoms. The van der Waals surface area contributed by atoms with Crippen LogP contribution in [0.15, 0.2) is 29.2 Å². The van der Waals surface area contributed by atoms with Crippen molar-refractivity contribution in [3.8, 4) is 0 Å². The number of nitrogens with one attached hydrogen (secondary N) is 1. The second-order valence-corrected chi connectivity index (χ2v) is 7.24. The van der Waals surface area contributed by atoms with E-state index in [9.17, 15) is 13.2 Å². The van der Waals surface area contributed by atoms with Crippen LogP contribution in [-0.2, 0) is 21.2 Å². The fourth-order valence-corrected chi connectivity index (χ4v) is 4.70. The van der Waals surface area contributed by atoms with Crippen LogP contribution in [0.1, 0.15) is 25.3 Å². The van der Waals surface area contributed by atoms with Crippen molar-refractivity contribution in [3.63, 3.8) is 0 Å². The number of fused-ring (bicyclic) bond motifs is 1. The molecule has 0 aliphatic carbocycles. The summed E-state index contributed by atoms with van der Waals surface area (Å²) in [5.41, 5.74) is 1.11. The second-order valence-electron chi connectivity index (χ2n) is 5.35. The van der Waals surface area contributed by atoms with Gasteiger partial charge in [0.2, 0.25) is 15.9 Å². The molecule has 1 N–H and O–H groups in total. The number of amides is 1. The summed E-state index contributed by atoms with van der Waals surface area (Å²) in [4.78, 5) is 11.7. The van der Waals surface area contributed by atoms with Gasteiger partial charge in [0.05, 0.1) is 10.9 Å². The quantitative estimate of drug-likeness (QED) is 0.900. The molecule has 1 amide bonds. The lowest BCUT2D eigenvalue weighted by molar-refractivity contribution is -0.119. The van der Waals surface area contributed by atoms with Crippen LogP contribution in [0.2, 0.25) is 0 Å². The molecule has 5 nitrogen and oxygen atoms in total. The van der Waals surface area contributed by atoms with Gasteiger partial charge in [-0.05, 0) is 30.5 Å². The Balaban J connectivity index is 1.89. The highest BCUT2D eigenvalue weighted by Crippen LogP contribution is 2.31. The van der Waals surface area contributed by atoms with Gasteiger partial charge in [-0.1, -0.05) is 19.1 Å². The van der Waals surface area contributed by atoms with E-state index in [-0.39, 0.29) is 24.4 Å². The molecule has 0 bridgehead atoms. The Morgan fingerprint density at radius 3 is 2.65 bits per heavy atom. The van der Waals surface area contributed by atoms with Crippen molar-refractivity contribution in [2.45, 2.75) is 43.2 Å². The van der Waals surface area contributed by atoms with E-state index in [0.717, 1.165) is 12.0 Å². The number of aryl methyl sites for hydroxylation is 1. The molecule has 2 aliphatic heterocycles. The molecule has 2 heterocycles. The first-order valence-electron chi connectivity index (χ1n) is 6.92. The van der Waals surface area contributed by atoms with Crippen LogP contribution in [0.3, 0.4) is 0 Å². The SMILES string of the molecule is CCc1ccc(S(=O)(=O)N2CC[C@@H]3NC(=O)C[C@@H]32)cc1. The molecule has 2 atom stereocenters. The molecule has 0 unspecified atom stereocenters. The van der Waals surface area contributed by atoms with E-state index in [2.05, 4.69) is 5.32 Å². The van der Waals surface area contributed by atoms with Gasteiger partial charge in [-0.2, -0.15) is 4.31 Å². The first-order chi connectivity index (χ1) is 9.52. The summed E-state index contributed by atoms with van der Waals surface area (Å²) in [5.74, 6) is -0.0544. The molecule has 0 spiro atoms. The van der Waals surface area contributed by atoms with E-state index in [4.69, 9.17) is 0 Å². The lowest BCUT2D eigenvalue weighted by Crippen LogP contribution is -2.38. The number of carbonyl (C=O) groups excluding carboxylic acids is 1. The fourth-order valence-electron chi connectivity index (χ4n) is 3.02. The number of hydrogen-bond acceptors (Lipinski definition) is 3. The van der Waals surface area contributed by atoms with Gasteiger partial charge in [0.1, 0.15) is 0 Å². The maximum Gasteiger partial charge on any atom is 0.243 e. The molecule has 3 rings (SSSR count). The van der Waals surface area contributed by atoms with E-state index in [1.54, 1.807) is 12.1 Å². The lowest BCUT2D eigenvalue weighted by atomic mass is 10.1. The zero-order valence-corrected chi connectivity index (χ0v) is 12.2. The minimum atomic E-state index is -3.50. The van der Waals surface area contributed by atoms with Crippen LogP contribution in [0, 0.1) is 0 Å². The Bertz CT molecular complexity index is 624. The lowest BCUT2D eigenvalue weighted by Gasteiger charge is -2.22. The summed E-state index contributed by atoms with van der Waals surface area (Å²) in [6, 6.07) is 6.76. The van der Waals surface area contributed by atoms with Gasteiger partial charge in [0, 0.05) is 19.0 Å². The average Bonchev–Trinajstić information content (AvgIpc) is 2.97. The van der Waals surface area contributed by atoms with Crippen molar-refractivity contribution in [2.75, 3.05) is 6.54 Å². The molecule has 1 aromatic carbocycles. The van der Waals surface area contributed by atoms with E-state index in [1.807, 2.05) is 19.1 Å². The van der Waals surface area contributed by atoms with Crippen LogP contribution in [0.25, 0.3) is 0 Å². The highest BCUT2D eigenvalue weighted by atomic mass is 32.2. The van der Waals surface area contributed by atoms with E-state index < -0.39 is 10.0 Å². The molecular weight excluding hydrogens is 276 g/mol. The maximum absolute atomic E-state index is 12.7. The van der Waals surface area contributed by atoms with E-state index in [0.29, 0.717) is 17.9 Å². The molecule has 0 aromatic heterocycles. The third-order valence-electron chi connectivity index (χ3n) is 4.17. The molecule has 2 aliphatic rings. The van der Waals surface area contributed by atoms with Gasteiger partial charge in [0.25, 0.3) is 0 Å². The monoisotopic (exact) mass is 294 g/mol. The first-order valence-corrected chi connectivity index (χ1v) is 8.36. The van der Waals surface area contributed by atoms with Crippen LogP contribution in [0.4, 0.5) is 0 Å². The highest BCUT2D eigenvalue weighted by Gasteiger charge is 2.46. The average molecular weight is 294 g/mol. The molecule has 1 aromatic rings. The van der Waals surface area contributed by atoms with Crippen molar-refractivity contribution in [1.82, 2.24) is 9.62 Å². The molecule has 108 valence electrons. The van der Waals surface area contributed by atoms with Gasteiger partial charge < -0.3 is 5.32 Å². The van der Waals surface area contributed by atoms with Crippen molar-refractivity contribution < 1.29 is 13.2 Å². The number of rotatable bonds is 3. The highest BCUT2D eigenvalue weighted by molar-refractivity contribution is 7.89. The van der Waals surface area contributed by atoms with Gasteiger partial charge in [-0.15, -0.1) is 0 Å². The number of hydrogen-bond donors (Lipinski definition) is 1. The summed E-state index contributed by atoms with van der Waals surface area (Å²) >= 11 is 0. The van der Waals surface area contributed by atoms with Crippen LogP contribution < -0.4 is 5.32 Å². The minimum absolute atomic E-state index is 0.0211. The van der Waals surface area contributed by atoms with Gasteiger partial charge in [-0.3, -0.25) is 4.79 Å². The molecular formula is C14H18N2O3S. The molecule has 2 fully saturated rings. The molecule has 0 saturated carbocycles. The Labute approximate surface area is 119 Å². The van der Waals surface area contributed by atoms with Gasteiger partial charge >= 0.3 is 0 Å². The number of nitrogens with zero attached hydrogens (tertiary/aromatic N) is 1. The van der Waals surface area contributed by atoms with Crippen molar-refractivity contribution in [1.29, 1.82) is 0 Å². The Hall–Kier alpha value is -1.40. The largest absolute Gasteiger partial charge is 0.352 e. The topological polar surface area (TPSA) is 66.5 Å². The fraction of sp³-hybridized carbons (Fsp3) is 0.500. The smallest absolute Gasteiger partial charge is 0.243 e. The zero-order valence-electron chi connectivity index (χ0n) is 11.4. The zero-order chi connectivity index (χ0) is 14.3. The Kier molecular flexibility index (Phi) is 3.30. The second kappa shape index (κ2) is 4.86. The predicted molar refractivity (Wildman–Crippen MR) is 74.7 cm³/mol. The Morgan fingerprint density at radius 1 is 1.30 bits per heavy atom. The summed E-state index contributed by atoms with van der Waals surface area (Å²) in [5, 5.41) is 2.84. The Morgan fingerprint density at radius 2 is 2.00 bits per heavy atom. The maximum atomic E-state index is 12.7. The standard InChI is InChI=1S/C14H18N2O3S/c1-2-10-3-5-11(6-4-10)20(18,19)16-8-7-12-13(16)9-14(17)15-12/h3-6,12-13H,2,7-9H2,1H3,(H,15,17)/t12-,13-/m0/s1. The normalized spacial score (nSPS) is 26.6. The van der Waals surface area contributed by atoms with Crippen molar-refractivity contribution in [3.05, 3.63) is 29.8 Å². The van der Waals surface area contributed by atoms with Crippen LogP contribution in [-0.4, -0.2) is 37.3 Å². The number of sulfonamides is 1. The van der Waals surface area contributed by atoms with Crippen LogP contribution in [0.5, 0.6) is 0 Å². The van der Waals surface area contributed by atoms with Gasteiger partial charge in [-0.25, -0.2) is 8.42 Å². The summed E-state index contributed by atoms with van der Waals surface area (Å²) in [6.07, 6.45) is 1.85. The third kappa shape index (κ3) is 2.13. The predicted octanol–water partition coefficient (Wildman–Crippen LogP) is 0.900. The number of carbonyl (C=O) groups is 1. The summed E-state index contributed by atoms with van der Waals surface area (Å²) < 4.78 is 26.8. The molecule has 2 saturated heterocycles. The first kappa shape index (κ1) is 13.6. The van der Waals surface area contributed by atoms with E-state index >= 15 is 0 Å². The summed E-state index contributed by atoms with van der Waals surface area (Å²) in [6.45, 7) is 2.51. The molecule has 0 radical (unpaired) electrons. The van der Waals surface area contributed by atoms with Gasteiger partial charge in [0.15, 0.2) is 0 Å². The molecule has 20 heavy (non-hydrogen) atoms. The van der Waals surface area contributed by atoms with Crippen molar-refractivity contribution in [2.24, 2.45) is 0 Å². The summed E-state index contributed by atoms with van der Waals surface area (Å²) in [7, 11) is -3.50. The van der Waals surface area contributed by atoms with E-state index in [1.165, 1.54) is 4.31 Å². The van der Waals surface area contributed by atoms with Crippen LogP contribution >= 0.6 is 0 Å².